The first kappa shape index (κ1) is 14.6. The zero-order valence-corrected chi connectivity index (χ0v) is 12.8. The van der Waals surface area contributed by atoms with Crippen LogP contribution in [0.2, 0.25) is 0 Å². The molecule has 1 heteroatoms. The van der Waals surface area contributed by atoms with Gasteiger partial charge >= 0.3 is 0 Å². The smallest absolute Gasteiger partial charge is 0.0348 e. The first-order valence-electron chi connectivity index (χ1n) is 8.01. The molecule has 0 aliphatic heterocycles. The molecule has 1 aromatic rings. The van der Waals surface area contributed by atoms with Crippen LogP contribution < -0.4 is 5.32 Å². The predicted octanol–water partition coefficient (Wildman–Crippen LogP) is 4.73. The molecule has 1 aliphatic rings. The van der Waals surface area contributed by atoms with Gasteiger partial charge in [0.15, 0.2) is 0 Å². The molecule has 106 valence electrons. The van der Waals surface area contributed by atoms with Gasteiger partial charge in [-0.05, 0) is 55.7 Å². The van der Waals surface area contributed by atoms with Crippen molar-refractivity contribution in [3.05, 3.63) is 35.4 Å². The lowest BCUT2D eigenvalue weighted by atomic mass is 9.83. The van der Waals surface area contributed by atoms with E-state index >= 15 is 0 Å². The van der Waals surface area contributed by atoms with E-state index in [2.05, 4.69) is 50.5 Å². The molecule has 1 aromatic carbocycles. The number of fused-ring (bicyclic) bond motifs is 1. The van der Waals surface area contributed by atoms with Gasteiger partial charge in [0.05, 0.1) is 0 Å². The van der Waals surface area contributed by atoms with Gasteiger partial charge in [0.2, 0.25) is 0 Å². The normalized spacial score (nSPS) is 24.6. The van der Waals surface area contributed by atoms with Crippen LogP contribution in [-0.4, -0.2) is 7.05 Å². The van der Waals surface area contributed by atoms with Crippen LogP contribution in [0.25, 0.3) is 0 Å². The molecule has 3 atom stereocenters. The summed E-state index contributed by atoms with van der Waals surface area (Å²) < 4.78 is 0. The van der Waals surface area contributed by atoms with Gasteiger partial charge in [0, 0.05) is 6.04 Å². The Labute approximate surface area is 118 Å². The van der Waals surface area contributed by atoms with Crippen LogP contribution in [0.15, 0.2) is 24.3 Å². The van der Waals surface area contributed by atoms with Crippen molar-refractivity contribution in [3.63, 3.8) is 0 Å². The van der Waals surface area contributed by atoms with E-state index in [1.54, 1.807) is 11.1 Å². The van der Waals surface area contributed by atoms with Crippen molar-refractivity contribution >= 4 is 0 Å². The lowest BCUT2D eigenvalue weighted by molar-refractivity contribution is 0.285. The summed E-state index contributed by atoms with van der Waals surface area (Å²) in [4.78, 5) is 0. The SMILES string of the molecule is CCCC(C)CC1CCCc2ccccc2C1NC. The molecule has 1 nitrogen and oxygen atoms in total. The van der Waals surface area contributed by atoms with Crippen LogP contribution in [-0.2, 0) is 6.42 Å². The first-order chi connectivity index (χ1) is 9.26. The van der Waals surface area contributed by atoms with Crippen molar-refractivity contribution in [2.75, 3.05) is 7.05 Å². The van der Waals surface area contributed by atoms with E-state index in [4.69, 9.17) is 0 Å². The van der Waals surface area contributed by atoms with E-state index in [1.165, 1.54) is 38.5 Å². The maximum Gasteiger partial charge on any atom is 0.0348 e. The Morgan fingerprint density at radius 1 is 1.32 bits per heavy atom. The van der Waals surface area contributed by atoms with Gasteiger partial charge < -0.3 is 5.32 Å². The first-order valence-corrected chi connectivity index (χ1v) is 8.01. The molecular formula is C18H29N. The lowest BCUT2D eigenvalue weighted by Gasteiger charge is -2.28. The van der Waals surface area contributed by atoms with E-state index in [0.29, 0.717) is 6.04 Å². The highest BCUT2D eigenvalue weighted by Gasteiger charge is 2.27. The Morgan fingerprint density at radius 2 is 2.11 bits per heavy atom. The summed E-state index contributed by atoms with van der Waals surface area (Å²) in [5.41, 5.74) is 3.11. The van der Waals surface area contributed by atoms with E-state index in [1.807, 2.05) is 0 Å². The Morgan fingerprint density at radius 3 is 2.84 bits per heavy atom. The fraction of sp³-hybridized carbons (Fsp3) is 0.667. The minimum Gasteiger partial charge on any atom is -0.313 e. The number of rotatable bonds is 5. The Kier molecular flexibility index (Phi) is 5.45. The molecule has 0 aromatic heterocycles. The zero-order chi connectivity index (χ0) is 13.7. The summed E-state index contributed by atoms with van der Waals surface area (Å²) in [5.74, 6) is 1.66. The van der Waals surface area contributed by atoms with Gasteiger partial charge in [-0.1, -0.05) is 51.0 Å². The van der Waals surface area contributed by atoms with Crippen LogP contribution in [0.5, 0.6) is 0 Å². The van der Waals surface area contributed by atoms with Crippen LogP contribution >= 0.6 is 0 Å². The number of nitrogens with one attached hydrogen (secondary N) is 1. The third-order valence-corrected chi connectivity index (χ3v) is 4.68. The maximum atomic E-state index is 3.60. The summed E-state index contributed by atoms with van der Waals surface area (Å²) in [5, 5.41) is 3.60. The standard InChI is InChI=1S/C18H29N/c1-4-8-14(2)13-16-11-7-10-15-9-5-6-12-17(15)18(16)19-3/h5-6,9,12,14,16,18-19H,4,7-8,10-11,13H2,1-3H3. The van der Waals surface area contributed by atoms with Crippen molar-refractivity contribution in [3.8, 4) is 0 Å². The fourth-order valence-corrected chi connectivity index (χ4v) is 3.81. The van der Waals surface area contributed by atoms with Gasteiger partial charge in [-0.25, -0.2) is 0 Å². The largest absolute Gasteiger partial charge is 0.313 e. The molecule has 19 heavy (non-hydrogen) atoms. The lowest BCUT2D eigenvalue weighted by Crippen LogP contribution is -2.26. The minimum absolute atomic E-state index is 0.554. The van der Waals surface area contributed by atoms with Gasteiger partial charge in [0.1, 0.15) is 0 Å². The number of hydrogen-bond donors (Lipinski definition) is 1. The van der Waals surface area contributed by atoms with Crippen molar-refractivity contribution < 1.29 is 0 Å². The third-order valence-electron chi connectivity index (χ3n) is 4.68. The van der Waals surface area contributed by atoms with E-state index in [9.17, 15) is 0 Å². The molecule has 0 spiro atoms. The van der Waals surface area contributed by atoms with E-state index < -0.39 is 0 Å². The molecule has 0 fully saturated rings. The van der Waals surface area contributed by atoms with Gasteiger partial charge in [-0.15, -0.1) is 0 Å². The summed E-state index contributed by atoms with van der Waals surface area (Å²) in [6.45, 7) is 4.72. The fourth-order valence-electron chi connectivity index (χ4n) is 3.81. The second-order valence-corrected chi connectivity index (χ2v) is 6.25. The highest BCUT2D eigenvalue weighted by Crippen LogP contribution is 2.37. The van der Waals surface area contributed by atoms with E-state index in [-0.39, 0.29) is 0 Å². The molecule has 2 rings (SSSR count). The van der Waals surface area contributed by atoms with Crippen LogP contribution in [0.4, 0.5) is 0 Å². The second-order valence-electron chi connectivity index (χ2n) is 6.25. The van der Waals surface area contributed by atoms with Gasteiger partial charge in [-0.2, -0.15) is 0 Å². The average molecular weight is 259 g/mol. The molecule has 0 heterocycles. The minimum atomic E-state index is 0.554. The van der Waals surface area contributed by atoms with Gasteiger partial charge in [-0.3, -0.25) is 0 Å². The number of aryl methyl sites for hydroxylation is 1. The quantitative estimate of drug-likeness (QED) is 0.754. The highest BCUT2D eigenvalue weighted by molar-refractivity contribution is 5.31. The third kappa shape index (κ3) is 3.60. The van der Waals surface area contributed by atoms with E-state index in [0.717, 1.165) is 11.8 Å². The molecule has 1 N–H and O–H groups in total. The zero-order valence-electron chi connectivity index (χ0n) is 12.8. The summed E-state index contributed by atoms with van der Waals surface area (Å²) in [6, 6.07) is 9.58. The van der Waals surface area contributed by atoms with Crippen molar-refractivity contribution in [2.24, 2.45) is 11.8 Å². The predicted molar refractivity (Wildman–Crippen MR) is 83.4 cm³/mol. The Hall–Kier alpha value is -0.820. The Balaban J connectivity index is 2.16. The topological polar surface area (TPSA) is 12.0 Å². The summed E-state index contributed by atoms with van der Waals surface area (Å²) in [6.07, 6.45) is 8.02. The monoisotopic (exact) mass is 259 g/mol. The Bertz CT molecular complexity index is 385. The van der Waals surface area contributed by atoms with Gasteiger partial charge in [0.25, 0.3) is 0 Å². The summed E-state index contributed by atoms with van der Waals surface area (Å²) >= 11 is 0. The maximum absolute atomic E-state index is 3.60. The molecule has 3 unspecified atom stereocenters. The molecule has 1 aliphatic carbocycles. The van der Waals surface area contributed by atoms with Crippen molar-refractivity contribution in [2.45, 2.75) is 58.4 Å². The molecule has 0 radical (unpaired) electrons. The number of benzene rings is 1. The van der Waals surface area contributed by atoms with Crippen LogP contribution in [0, 0.1) is 11.8 Å². The second kappa shape index (κ2) is 7.09. The number of hydrogen-bond acceptors (Lipinski definition) is 1. The van der Waals surface area contributed by atoms with Crippen LogP contribution in [0.3, 0.4) is 0 Å². The highest BCUT2D eigenvalue weighted by atomic mass is 14.9. The molecule has 0 saturated heterocycles. The molecule has 0 saturated carbocycles. The average Bonchev–Trinajstić information content (AvgIpc) is 2.57. The summed E-state index contributed by atoms with van der Waals surface area (Å²) in [7, 11) is 2.13. The molecular weight excluding hydrogens is 230 g/mol. The van der Waals surface area contributed by atoms with Crippen molar-refractivity contribution in [1.82, 2.24) is 5.32 Å². The molecule has 0 bridgehead atoms. The van der Waals surface area contributed by atoms with Crippen LogP contribution in [0.1, 0.15) is 63.1 Å². The molecule has 0 amide bonds. The van der Waals surface area contributed by atoms with Crippen molar-refractivity contribution in [1.29, 1.82) is 0 Å².